The summed E-state index contributed by atoms with van der Waals surface area (Å²) in [4.78, 5) is 25.3. The van der Waals surface area contributed by atoms with Crippen LogP contribution in [0, 0.1) is 13.8 Å². The van der Waals surface area contributed by atoms with E-state index in [0.717, 1.165) is 11.1 Å². The second-order valence-corrected chi connectivity index (χ2v) is 10.0. The second kappa shape index (κ2) is 6.40. The van der Waals surface area contributed by atoms with Gasteiger partial charge in [-0.2, -0.15) is 17.0 Å². The van der Waals surface area contributed by atoms with Gasteiger partial charge in [0.05, 0.1) is 11.4 Å². The number of hydrogen-bond acceptors (Lipinski definition) is 6. The molecule has 1 aromatic rings. The number of carbonyl (C=O) groups excluding carboxylic acids is 2. The minimum Gasteiger partial charge on any atom is -0.443 e. The van der Waals surface area contributed by atoms with Crippen molar-refractivity contribution in [3.05, 3.63) is 23.3 Å². The number of hydrogen-bond donors (Lipinski definition) is 0. The molecule has 1 aliphatic rings. The van der Waals surface area contributed by atoms with Crippen molar-refractivity contribution in [3.8, 4) is 0 Å². The van der Waals surface area contributed by atoms with Crippen LogP contribution in [0.5, 0.6) is 0 Å². The van der Waals surface area contributed by atoms with Gasteiger partial charge in [-0.3, -0.25) is 0 Å². The maximum Gasteiger partial charge on any atom is 0.430 e. The van der Waals surface area contributed by atoms with Crippen LogP contribution in [0.2, 0.25) is 0 Å². The van der Waals surface area contributed by atoms with E-state index in [2.05, 4.69) is 0 Å². The molecular weight excluding hydrogens is 372 g/mol. The van der Waals surface area contributed by atoms with Gasteiger partial charge in [-0.05, 0) is 78.6 Å². The van der Waals surface area contributed by atoms with Crippen LogP contribution in [-0.4, -0.2) is 31.8 Å². The van der Waals surface area contributed by atoms with Gasteiger partial charge in [0.15, 0.2) is 0 Å². The van der Waals surface area contributed by atoms with E-state index in [1.807, 2.05) is 0 Å². The number of aryl methyl sites for hydroxylation is 2. The fourth-order valence-electron chi connectivity index (χ4n) is 2.43. The fourth-order valence-corrected chi connectivity index (χ4v) is 3.84. The Hall–Kier alpha value is -2.29. The molecule has 0 fully saturated rings. The first-order valence-corrected chi connectivity index (χ1v) is 9.87. The zero-order valence-corrected chi connectivity index (χ0v) is 17.7. The van der Waals surface area contributed by atoms with Crippen molar-refractivity contribution < 1.29 is 27.5 Å². The summed E-state index contributed by atoms with van der Waals surface area (Å²) in [6, 6.07) is 3.08. The van der Waals surface area contributed by atoms with Gasteiger partial charge in [0.1, 0.15) is 11.2 Å². The first-order chi connectivity index (χ1) is 12.0. The Morgan fingerprint density at radius 1 is 0.778 bits per heavy atom. The molecule has 0 saturated heterocycles. The Labute approximate surface area is 160 Å². The van der Waals surface area contributed by atoms with E-state index in [1.54, 1.807) is 55.4 Å². The Morgan fingerprint density at radius 3 is 1.33 bits per heavy atom. The number of benzene rings is 1. The Bertz CT molecular complexity index is 827. The minimum absolute atomic E-state index is 0.0539. The average molecular weight is 398 g/mol. The smallest absolute Gasteiger partial charge is 0.430 e. The van der Waals surface area contributed by atoms with Crippen LogP contribution in [0.25, 0.3) is 0 Å². The number of carbonyl (C=O) groups is 2. The molecule has 9 heteroatoms. The summed E-state index contributed by atoms with van der Waals surface area (Å²) in [6.07, 6.45) is -2.17. The Kier molecular flexibility index (Phi) is 4.98. The zero-order valence-electron chi connectivity index (χ0n) is 16.9. The second-order valence-electron chi connectivity index (χ2n) is 8.42. The summed E-state index contributed by atoms with van der Waals surface area (Å²) in [7, 11) is -4.55. The lowest BCUT2D eigenvalue weighted by Gasteiger charge is -2.25. The van der Waals surface area contributed by atoms with Crippen molar-refractivity contribution in [2.45, 2.75) is 66.6 Å². The summed E-state index contributed by atoms with van der Waals surface area (Å²) in [5, 5.41) is 0. The number of amides is 2. The van der Waals surface area contributed by atoms with Crippen LogP contribution in [0.4, 0.5) is 21.0 Å². The highest BCUT2D eigenvalue weighted by Crippen LogP contribution is 2.44. The minimum atomic E-state index is -4.55. The van der Waals surface area contributed by atoms with Crippen LogP contribution < -0.4 is 8.61 Å². The molecule has 0 aliphatic carbocycles. The van der Waals surface area contributed by atoms with Crippen LogP contribution in [0.15, 0.2) is 12.1 Å². The van der Waals surface area contributed by atoms with E-state index < -0.39 is 33.6 Å². The molecule has 0 bridgehead atoms. The van der Waals surface area contributed by atoms with Gasteiger partial charge in [-0.1, -0.05) is 0 Å². The van der Waals surface area contributed by atoms with E-state index in [4.69, 9.17) is 9.47 Å². The quantitative estimate of drug-likeness (QED) is 0.655. The Morgan fingerprint density at radius 2 is 1.07 bits per heavy atom. The van der Waals surface area contributed by atoms with Gasteiger partial charge in [0, 0.05) is 0 Å². The SMILES string of the molecule is Cc1cc2c(cc1C)N(C(=O)OC(C)(C)C)S(=O)(=O)N2C(=O)OC(C)(C)C. The number of fused-ring (bicyclic) bond motifs is 1. The third-order valence-corrected chi connectivity index (χ3v) is 5.22. The third-order valence-electron chi connectivity index (χ3n) is 3.61. The van der Waals surface area contributed by atoms with Crippen molar-refractivity contribution in [2.24, 2.45) is 0 Å². The van der Waals surface area contributed by atoms with E-state index in [0.29, 0.717) is 8.61 Å². The molecular formula is C18H26N2O6S. The van der Waals surface area contributed by atoms with Crippen molar-refractivity contribution in [2.75, 3.05) is 8.61 Å². The molecule has 0 aromatic heterocycles. The average Bonchev–Trinajstić information content (AvgIpc) is 2.61. The molecule has 0 radical (unpaired) electrons. The molecule has 150 valence electrons. The molecule has 8 nitrogen and oxygen atoms in total. The van der Waals surface area contributed by atoms with Gasteiger partial charge >= 0.3 is 22.4 Å². The van der Waals surface area contributed by atoms with Crippen molar-refractivity contribution in [1.82, 2.24) is 0 Å². The summed E-state index contributed by atoms with van der Waals surface area (Å²) < 4.78 is 37.6. The molecule has 0 atom stereocenters. The molecule has 1 aliphatic heterocycles. The molecule has 0 unspecified atom stereocenters. The summed E-state index contributed by atoms with van der Waals surface area (Å²) in [6.45, 7) is 13.3. The maximum absolute atomic E-state index is 13.1. The molecule has 0 saturated carbocycles. The molecule has 1 heterocycles. The number of anilines is 2. The zero-order chi connectivity index (χ0) is 20.9. The highest BCUT2D eigenvalue weighted by Gasteiger charge is 2.50. The maximum atomic E-state index is 13.1. The third kappa shape index (κ3) is 4.18. The lowest BCUT2D eigenvalue weighted by atomic mass is 10.1. The van der Waals surface area contributed by atoms with Crippen LogP contribution in [0.1, 0.15) is 52.7 Å². The molecule has 0 spiro atoms. The van der Waals surface area contributed by atoms with Crippen molar-refractivity contribution >= 4 is 33.8 Å². The molecule has 2 rings (SSSR count). The Balaban J connectivity index is 2.64. The standard InChI is InChI=1S/C18H26N2O6S/c1-11-9-13-14(10-12(11)2)20(16(22)26-18(6,7)8)27(23,24)19(13)15(21)25-17(3,4)5/h9-10H,1-8H3. The first-order valence-electron chi connectivity index (χ1n) is 8.47. The lowest BCUT2D eigenvalue weighted by Crippen LogP contribution is -2.47. The van der Waals surface area contributed by atoms with Gasteiger partial charge in [0.2, 0.25) is 0 Å². The fraction of sp³-hybridized carbons (Fsp3) is 0.556. The highest BCUT2D eigenvalue weighted by molar-refractivity contribution is 7.96. The largest absolute Gasteiger partial charge is 0.443 e. The number of nitrogens with zero attached hydrogens (tertiary/aromatic N) is 2. The predicted octanol–water partition coefficient (Wildman–Crippen LogP) is 4.04. The topological polar surface area (TPSA) is 93.2 Å². The molecule has 27 heavy (non-hydrogen) atoms. The number of ether oxygens (including phenoxy) is 2. The van der Waals surface area contributed by atoms with Crippen molar-refractivity contribution in [3.63, 3.8) is 0 Å². The van der Waals surface area contributed by atoms with Crippen molar-refractivity contribution in [1.29, 1.82) is 0 Å². The molecule has 2 amide bonds. The van der Waals surface area contributed by atoms with E-state index in [9.17, 15) is 18.0 Å². The summed E-state index contributed by atoms with van der Waals surface area (Å²) in [5.74, 6) is 0. The number of rotatable bonds is 0. The normalized spacial score (nSPS) is 16.1. The van der Waals surface area contributed by atoms with Gasteiger partial charge in [-0.15, -0.1) is 0 Å². The van der Waals surface area contributed by atoms with Gasteiger partial charge < -0.3 is 9.47 Å². The van der Waals surface area contributed by atoms with E-state index in [1.165, 1.54) is 12.1 Å². The van der Waals surface area contributed by atoms with E-state index in [-0.39, 0.29) is 11.4 Å². The highest BCUT2D eigenvalue weighted by atomic mass is 32.2. The lowest BCUT2D eigenvalue weighted by molar-refractivity contribution is 0.0607. The first kappa shape index (κ1) is 21.0. The van der Waals surface area contributed by atoms with Crippen LogP contribution in [0.3, 0.4) is 0 Å². The molecule has 0 N–H and O–H groups in total. The van der Waals surface area contributed by atoms with Gasteiger partial charge in [0.25, 0.3) is 0 Å². The summed E-state index contributed by atoms with van der Waals surface area (Å²) >= 11 is 0. The predicted molar refractivity (Wildman–Crippen MR) is 102 cm³/mol. The van der Waals surface area contributed by atoms with E-state index >= 15 is 0 Å². The van der Waals surface area contributed by atoms with Gasteiger partial charge in [-0.25, -0.2) is 9.59 Å². The van der Waals surface area contributed by atoms with Crippen LogP contribution >= 0.6 is 0 Å². The molecule has 1 aromatic carbocycles. The monoisotopic (exact) mass is 398 g/mol. The summed E-state index contributed by atoms with van der Waals surface area (Å²) in [5.41, 5.74) is -0.180. The van der Waals surface area contributed by atoms with Crippen LogP contribution in [-0.2, 0) is 19.7 Å².